The van der Waals surface area contributed by atoms with Crippen LogP contribution >= 0.6 is 23.4 Å². The Balaban J connectivity index is 1.71. The van der Waals surface area contributed by atoms with Gasteiger partial charge in [0, 0.05) is 5.75 Å². The van der Waals surface area contributed by atoms with Crippen molar-refractivity contribution < 1.29 is 0 Å². The molecule has 3 aromatic rings. The maximum atomic E-state index is 12.5. The third kappa shape index (κ3) is 5.02. The highest BCUT2D eigenvalue weighted by atomic mass is 35.5. The third-order valence-electron chi connectivity index (χ3n) is 4.34. The summed E-state index contributed by atoms with van der Waals surface area (Å²) in [4.78, 5) is 13.2. The quantitative estimate of drug-likeness (QED) is 0.529. The minimum atomic E-state index is -0.256. The normalized spacial score (nSPS) is 11.6. The molecular formula is C22H23ClN2OS. The Bertz CT molecular complexity index is 960. The maximum absolute atomic E-state index is 12.5. The van der Waals surface area contributed by atoms with Crippen molar-refractivity contribution in [1.29, 1.82) is 0 Å². The van der Waals surface area contributed by atoms with E-state index in [-0.39, 0.29) is 16.0 Å². The Labute approximate surface area is 169 Å². The smallest absolute Gasteiger partial charge is 0.266 e. The molecule has 0 bridgehead atoms. The molecule has 140 valence electrons. The molecule has 0 aliphatic carbocycles. The van der Waals surface area contributed by atoms with Crippen LogP contribution in [-0.2, 0) is 17.7 Å². The van der Waals surface area contributed by atoms with Crippen LogP contribution < -0.4 is 5.56 Å². The molecule has 0 atom stereocenters. The summed E-state index contributed by atoms with van der Waals surface area (Å²) in [6.45, 7) is 7.02. The summed E-state index contributed by atoms with van der Waals surface area (Å²) in [5.74, 6) is 0.744. The predicted octanol–water partition coefficient (Wildman–Crippen LogP) is 5.53. The number of hydrogen-bond acceptors (Lipinski definition) is 3. The van der Waals surface area contributed by atoms with Crippen LogP contribution in [0.3, 0.4) is 0 Å². The van der Waals surface area contributed by atoms with Gasteiger partial charge < -0.3 is 0 Å². The largest absolute Gasteiger partial charge is 0.286 e. The number of halogens is 1. The molecule has 0 saturated carbocycles. The number of thioether (sulfide) groups is 1. The zero-order chi connectivity index (χ0) is 19.4. The van der Waals surface area contributed by atoms with Gasteiger partial charge in [0.05, 0.1) is 17.6 Å². The van der Waals surface area contributed by atoms with E-state index in [4.69, 9.17) is 11.6 Å². The van der Waals surface area contributed by atoms with Gasteiger partial charge >= 0.3 is 0 Å². The first kappa shape index (κ1) is 19.7. The lowest BCUT2D eigenvalue weighted by Gasteiger charge is -2.19. The van der Waals surface area contributed by atoms with Crippen LogP contribution in [-0.4, -0.2) is 9.78 Å². The van der Waals surface area contributed by atoms with Crippen molar-refractivity contribution in [1.82, 2.24) is 9.78 Å². The standard InChI is InChI=1S/C22H23ClN2OS/c1-22(2,3)18-11-9-17(10-12-18)15-27-19-13-24-25(21(26)20(19)23)14-16-7-5-4-6-8-16/h4-13H,14-15H2,1-3H3. The molecule has 0 unspecified atom stereocenters. The van der Waals surface area contributed by atoms with E-state index in [9.17, 15) is 4.79 Å². The average molecular weight is 399 g/mol. The number of aromatic nitrogens is 2. The van der Waals surface area contributed by atoms with Gasteiger partial charge in [-0.25, -0.2) is 4.68 Å². The fraction of sp³-hybridized carbons (Fsp3) is 0.273. The molecule has 0 aliphatic heterocycles. The minimum Gasteiger partial charge on any atom is -0.266 e. The van der Waals surface area contributed by atoms with Crippen LogP contribution in [0.25, 0.3) is 0 Å². The Morgan fingerprint density at radius 1 is 1.00 bits per heavy atom. The monoisotopic (exact) mass is 398 g/mol. The first-order chi connectivity index (χ1) is 12.8. The summed E-state index contributed by atoms with van der Waals surface area (Å²) in [5.41, 5.74) is 3.40. The first-order valence-electron chi connectivity index (χ1n) is 8.86. The van der Waals surface area contributed by atoms with Crippen molar-refractivity contribution in [2.24, 2.45) is 0 Å². The van der Waals surface area contributed by atoms with Crippen molar-refractivity contribution >= 4 is 23.4 Å². The van der Waals surface area contributed by atoms with Crippen LogP contribution in [0.2, 0.25) is 5.02 Å². The van der Waals surface area contributed by atoms with Gasteiger partial charge in [-0.05, 0) is 22.1 Å². The Morgan fingerprint density at radius 3 is 2.30 bits per heavy atom. The Hall–Kier alpha value is -2.04. The summed E-state index contributed by atoms with van der Waals surface area (Å²) < 4.78 is 1.40. The lowest BCUT2D eigenvalue weighted by Crippen LogP contribution is -2.24. The van der Waals surface area contributed by atoms with Crippen molar-refractivity contribution in [2.75, 3.05) is 0 Å². The summed E-state index contributed by atoms with van der Waals surface area (Å²) in [6.07, 6.45) is 1.68. The molecule has 0 radical (unpaired) electrons. The average Bonchev–Trinajstić information content (AvgIpc) is 2.65. The third-order valence-corrected chi connectivity index (χ3v) is 5.92. The number of hydrogen-bond donors (Lipinski definition) is 0. The zero-order valence-electron chi connectivity index (χ0n) is 15.8. The molecule has 5 heteroatoms. The molecule has 0 amide bonds. The molecule has 0 fully saturated rings. The molecule has 0 spiro atoms. The van der Waals surface area contributed by atoms with E-state index in [1.165, 1.54) is 27.6 Å². The van der Waals surface area contributed by atoms with E-state index >= 15 is 0 Å². The summed E-state index contributed by atoms with van der Waals surface area (Å²) in [6, 6.07) is 18.3. The van der Waals surface area contributed by atoms with E-state index in [0.717, 1.165) is 11.3 Å². The van der Waals surface area contributed by atoms with Gasteiger partial charge in [-0.2, -0.15) is 5.10 Å². The van der Waals surface area contributed by atoms with E-state index in [0.29, 0.717) is 11.4 Å². The molecule has 27 heavy (non-hydrogen) atoms. The lowest BCUT2D eigenvalue weighted by molar-refractivity contribution is 0.590. The molecule has 1 aromatic heterocycles. The second-order valence-corrected chi connectivity index (χ2v) is 8.90. The molecule has 0 saturated heterocycles. The van der Waals surface area contributed by atoms with E-state index in [1.54, 1.807) is 6.20 Å². The molecule has 0 N–H and O–H groups in total. The van der Waals surface area contributed by atoms with Crippen LogP contribution in [0.1, 0.15) is 37.5 Å². The fourth-order valence-electron chi connectivity index (χ4n) is 2.68. The number of nitrogens with zero attached hydrogens (tertiary/aromatic N) is 2. The SMILES string of the molecule is CC(C)(C)c1ccc(CSc2cnn(Cc3ccccc3)c(=O)c2Cl)cc1. The highest BCUT2D eigenvalue weighted by Crippen LogP contribution is 2.28. The summed E-state index contributed by atoms with van der Waals surface area (Å²) in [7, 11) is 0. The van der Waals surface area contributed by atoms with Crippen molar-refractivity contribution in [3.8, 4) is 0 Å². The highest BCUT2D eigenvalue weighted by Gasteiger charge is 2.14. The predicted molar refractivity (Wildman–Crippen MR) is 114 cm³/mol. The minimum absolute atomic E-state index is 0.141. The van der Waals surface area contributed by atoms with Gasteiger partial charge in [0.1, 0.15) is 5.02 Å². The van der Waals surface area contributed by atoms with Crippen LogP contribution in [0.5, 0.6) is 0 Å². The summed E-state index contributed by atoms with van der Waals surface area (Å²) in [5, 5.41) is 4.53. The molecule has 3 nitrogen and oxygen atoms in total. The summed E-state index contributed by atoms with van der Waals surface area (Å²) >= 11 is 7.86. The lowest BCUT2D eigenvalue weighted by atomic mass is 9.87. The van der Waals surface area contributed by atoms with Crippen LogP contribution in [0.4, 0.5) is 0 Å². The maximum Gasteiger partial charge on any atom is 0.286 e. The number of benzene rings is 2. The fourth-order valence-corrected chi connectivity index (χ4v) is 3.84. The van der Waals surface area contributed by atoms with Gasteiger partial charge in [-0.1, -0.05) is 87.0 Å². The van der Waals surface area contributed by atoms with Crippen LogP contribution in [0, 0.1) is 0 Å². The van der Waals surface area contributed by atoms with E-state index in [1.807, 2.05) is 30.3 Å². The van der Waals surface area contributed by atoms with E-state index in [2.05, 4.69) is 50.1 Å². The highest BCUT2D eigenvalue weighted by molar-refractivity contribution is 7.98. The molecule has 1 heterocycles. The zero-order valence-corrected chi connectivity index (χ0v) is 17.3. The molecule has 0 aliphatic rings. The Morgan fingerprint density at radius 2 is 1.67 bits per heavy atom. The topological polar surface area (TPSA) is 34.9 Å². The van der Waals surface area contributed by atoms with Gasteiger partial charge in [0.25, 0.3) is 5.56 Å². The first-order valence-corrected chi connectivity index (χ1v) is 10.2. The van der Waals surface area contributed by atoms with Gasteiger partial charge in [0.15, 0.2) is 0 Å². The van der Waals surface area contributed by atoms with Gasteiger partial charge in [-0.3, -0.25) is 4.79 Å². The van der Waals surface area contributed by atoms with Gasteiger partial charge in [-0.15, -0.1) is 11.8 Å². The second kappa shape index (κ2) is 8.32. The van der Waals surface area contributed by atoms with Crippen molar-refractivity contribution in [2.45, 2.75) is 43.4 Å². The van der Waals surface area contributed by atoms with Crippen LogP contribution in [0.15, 0.2) is 70.5 Å². The van der Waals surface area contributed by atoms with E-state index < -0.39 is 0 Å². The Kier molecular flexibility index (Phi) is 6.08. The van der Waals surface area contributed by atoms with Crippen molar-refractivity contribution in [3.63, 3.8) is 0 Å². The molecule has 3 rings (SSSR count). The van der Waals surface area contributed by atoms with Gasteiger partial charge in [0.2, 0.25) is 0 Å². The second-order valence-electron chi connectivity index (χ2n) is 7.51. The molecular weight excluding hydrogens is 376 g/mol. The number of rotatable bonds is 5. The van der Waals surface area contributed by atoms with Crippen molar-refractivity contribution in [3.05, 3.63) is 92.9 Å². The molecule has 2 aromatic carbocycles.